The fourth-order valence-corrected chi connectivity index (χ4v) is 2.65. The molecule has 0 spiro atoms. The maximum Gasteiger partial charge on any atom is 0.184 e. The number of benzene rings is 2. The molecular formula is C17H15NO2. The summed E-state index contributed by atoms with van der Waals surface area (Å²) in [6.07, 6.45) is 1.75. The van der Waals surface area contributed by atoms with E-state index in [1.54, 1.807) is 0 Å². The third-order valence-electron chi connectivity index (χ3n) is 3.67. The molecule has 0 atom stereocenters. The van der Waals surface area contributed by atoms with Crippen molar-refractivity contribution in [2.45, 2.75) is 6.29 Å². The van der Waals surface area contributed by atoms with Crippen molar-refractivity contribution < 1.29 is 9.47 Å². The van der Waals surface area contributed by atoms with Gasteiger partial charge < -0.3 is 14.5 Å². The Morgan fingerprint density at radius 3 is 2.65 bits per heavy atom. The molecule has 100 valence electrons. The Hall–Kier alpha value is -2.10. The van der Waals surface area contributed by atoms with Crippen LogP contribution in [0.5, 0.6) is 0 Å². The molecule has 1 fully saturated rings. The second-order valence-electron chi connectivity index (χ2n) is 4.98. The van der Waals surface area contributed by atoms with E-state index >= 15 is 0 Å². The summed E-state index contributed by atoms with van der Waals surface area (Å²) in [5, 5.41) is 1.22. The molecule has 0 unspecified atom stereocenters. The fraction of sp³-hybridized carbons (Fsp3) is 0.176. The van der Waals surface area contributed by atoms with Crippen LogP contribution < -0.4 is 0 Å². The van der Waals surface area contributed by atoms with Gasteiger partial charge in [0, 0.05) is 17.3 Å². The van der Waals surface area contributed by atoms with E-state index in [-0.39, 0.29) is 6.29 Å². The Bertz CT molecular complexity index is 741. The molecule has 3 aromatic rings. The molecule has 1 aliphatic rings. The zero-order valence-electron chi connectivity index (χ0n) is 11.0. The van der Waals surface area contributed by atoms with Crippen LogP contribution in [0, 0.1) is 0 Å². The van der Waals surface area contributed by atoms with Crippen molar-refractivity contribution in [3.8, 4) is 11.1 Å². The molecule has 1 aromatic heterocycles. The van der Waals surface area contributed by atoms with Crippen LogP contribution in [0.15, 0.2) is 54.7 Å². The molecule has 1 aliphatic heterocycles. The lowest BCUT2D eigenvalue weighted by atomic mass is 10.0. The summed E-state index contributed by atoms with van der Waals surface area (Å²) in [5.41, 5.74) is 4.63. The van der Waals surface area contributed by atoms with Crippen LogP contribution >= 0.6 is 0 Å². The van der Waals surface area contributed by atoms with Crippen LogP contribution in [0.2, 0.25) is 0 Å². The van der Waals surface area contributed by atoms with Gasteiger partial charge in [0.1, 0.15) is 0 Å². The first-order chi connectivity index (χ1) is 9.90. The highest BCUT2D eigenvalue weighted by atomic mass is 16.7. The lowest BCUT2D eigenvalue weighted by Crippen LogP contribution is -1.97. The molecule has 1 saturated heterocycles. The number of fused-ring (bicyclic) bond motifs is 1. The number of rotatable bonds is 2. The Labute approximate surface area is 117 Å². The second kappa shape index (κ2) is 4.78. The SMILES string of the molecule is c1cc(-c2ccc3[nH]ccc3c2)cc(C2OCCO2)c1. The zero-order valence-corrected chi connectivity index (χ0v) is 11.0. The Balaban J connectivity index is 1.75. The van der Waals surface area contributed by atoms with Crippen molar-refractivity contribution in [3.05, 3.63) is 60.3 Å². The molecule has 0 amide bonds. The Kier molecular flexibility index (Phi) is 2.80. The largest absolute Gasteiger partial charge is 0.361 e. The summed E-state index contributed by atoms with van der Waals surface area (Å²) in [5.74, 6) is 0. The molecule has 0 radical (unpaired) electrons. The van der Waals surface area contributed by atoms with Gasteiger partial charge in [-0.25, -0.2) is 0 Å². The van der Waals surface area contributed by atoms with E-state index in [9.17, 15) is 0 Å². The molecule has 20 heavy (non-hydrogen) atoms. The molecule has 1 N–H and O–H groups in total. The number of aromatic amines is 1. The minimum atomic E-state index is -0.217. The first kappa shape index (κ1) is 11.7. The van der Waals surface area contributed by atoms with Gasteiger partial charge in [-0.3, -0.25) is 0 Å². The van der Waals surface area contributed by atoms with Crippen molar-refractivity contribution >= 4 is 10.9 Å². The third-order valence-corrected chi connectivity index (χ3v) is 3.67. The van der Waals surface area contributed by atoms with Crippen LogP contribution in [0.25, 0.3) is 22.0 Å². The smallest absolute Gasteiger partial charge is 0.184 e. The van der Waals surface area contributed by atoms with Gasteiger partial charge in [0.25, 0.3) is 0 Å². The van der Waals surface area contributed by atoms with Crippen molar-refractivity contribution in [1.82, 2.24) is 4.98 Å². The van der Waals surface area contributed by atoms with Crippen LogP contribution in [0.1, 0.15) is 11.9 Å². The molecule has 2 heterocycles. The minimum Gasteiger partial charge on any atom is -0.361 e. The van der Waals surface area contributed by atoms with Gasteiger partial charge >= 0.3 is 0 Å². The van der Waals surface area contributed by atoms with Crippen LogP contribution in [-0.2, 0) is 9.47 Å². The van der Waals surface area contributed by atoms with E-state index in [0.29, 0.717) is 13.2 Å². The van der Waals surface area contributed by atoms with Crippen LogP contribution in [-0.4, -0.2) is 18.2 Å². The van der Waals surface area contributed by atoms with Crippen molar-refractivity contribution in [2.24, 2.45) is 0 Å². The van der Waals surface area contributed by atoms with E-state index in [1.807, 2.05) is 12.3 Å². The van der Waals surface area contributed by atoms with Gasteiger partial charge in [-0.05, 0) is 40.8 Å². The lowest BCUT2D eigenvalue weighted by Gasteiger charge is -2.11. The van der Waals surface area contributed by atoms with Gasteiger partial charge in [0.15, 0.2) is 6.29 Å². The first-order valence-electron chi connectivity index (χ1n) is 6.81. The van der Waals surface area contributed by atoms with Gasteiger partial charge in [-0.2, -0.15) is 0 Å². The van der Waals surface area contributed by atoms with E-state index in [4.69, 9.17) is 9.47 Å². The maximum absolute atomic E-state index is 5.56. The second-order valence-corrected chi connectivity index (χ2v) is 4.98. The van der Waals surface area contributed by atoms with E-state index in [0.717, 1.165) is 11.1 Å². The summed E-state index contributed by atoms with van der Waals surface area (Å²) >= 11 is 0. The summed E-state index contributed by atoms with van der Waals surface area (Å²) in [6, 6.07) is 16.9. The predicted molar refractivity (Wildman–Crippen MR) is 78.4 cm³/mol. The average Bonchev–Trinajstić information content (AvgIpc) is 3.18. The molecule has 0 saturated carbocycles. The molecule has 0 bridgehead atoms. The molecular weight excluding hydrogens is 250 g/mol. The van der Waals surface area contributed by atoms with Crippen molar-refractivity contribution in [2.75, 3.05) is 13.2 Å². The summed E-state index contributed by atoms with van der Waals surface area (Å²) in [7, 11) is 0. The Morgan fingerprint density at radius 2 is 1.75 bits per heavy atom. The summed E-state index contributed by atoms with van der Waals surface area (Å²) in [4.78, 5) is 3.21. The van der Waals surface area contributed by atoms with Crippen molar-refractivity contribution in [1.29, 1.82) is 0 Å². The highest BCUT2D eigenvalue weighted by Gasteiger charge is 2.18. The molecule has 2 aromatic carbocycles. The van der Waals surface area contributed by atoms with E-state index in [1.165, 1.54) is 16.5 Å². The number of ether oxygens (including phenoxy) is 2. The number of aromatic nitrogens is 1. The number of hydrogen-bond donors (Lipinski definition) is 1. The summed E-state index contributed by atoms with van der Waals surface area (Å²) in [6.45, 7) is 1.34. The average molecular weight is 265 g/mol. The predicted octanol–water partition coefficient (Wildman–Crippen LogP) is 3.88. The topological polar surface area (TPSA) is 34.2 Å². The van der Waals surface area contributed by atoms with Crippen LogP contribution in [0.3, 0.4) is 0 Å². The van der Waals surface area contributed by atoms with E-state index in [2.05, 4.69) is 47.4 Å². The molecule has 3 nitrogen and oxygen atoms in total. The standard InChI is InChI=1S/C17H15NO2/c1-2-12(11-15(3-1)17-19-8-9-20-17)13-4-5-16-14(10-13)6-7-18-16/h1-7,10-11,17-18H,8-9H2. The maximum atomic E-state index is 5.56. The number of hydrogen-bond acceptors (Lipinski definition) is 2. The van der Waals surface area contributed by atoms with Gasteiger partial charge in [-0.15, -0.1) is 0 Å². The highest BCUT2D eigenvalue weighted by molar-refractivity contribution is 5.85. The van der Waals surface area contributed by atoms with Gasteiger partial charge in [0.2, 0.25) is 0 Å². The molecule has 0 aliphatic carbocycles. The minimum absolute atomic E-state index is 0.217. The molecule has 3 heteroatoms. The monoisotopic (exact) mass is 265 g/mol. The normalized spacial score (nSPS) is 16.0. The fourth-order valence-electron chi connectivity index (χ4n) is 2.65. The summed E-state index contributed by atoms with van der Waals surface area (Å²) < 4.78 is 11.1. The highest BCUT2D eigenvalue weighted by Crippen LogP contribution is 2.29. The van der Waals surface area contributed by atoms with Crippen molar-refractivity contribution in [3.63, 3.8) is 0 Å². The Morgan fingerprint density at radius 1 is 0.900 bits per heavy atom. The van der Waals surface area contributed by atoms with Gasteiger partial charge in [0.05, 0.1) is 13.2 Å². The first-order valence-corrected chi connectivity index (χ1v) is 6.81. The zero-order chi connectivity index (χ0) is 13.4. The lowest BCUT2D eigenvalue weighted by molar-refractivity contribution is -0.0440. The number of nitrogens with one attached hydrogen (secondary N) is 1. The van der Waals surface area contributed by atoms with Gasteiger partial charge in [-0.1, -0.05) is 24.3 Å². The third kappa shape index (κ3) is 2.01. The molecule has 4 rings (SSSR count). The van der Waals surface area contributed by atoms with Crippen LogP contribution in [0.4, 0.5) is 0 Å². The quantitative estimate of drug-likeness (QED) is 0.763. The van der Waals surface area contributed by atoms with E-state index < -0.39 is 0 Å². The number of H-pyrrole nitrogens is 1.